The van der Waals surface area contributed by atoms with Gasteiger partial charge in [-0.25, -0.2) is 13.2 Å². The zero-order chi connectivity index (χ0) is 20.7. The number of anilines is 1. The van der Waals surface area contributed by atoms with E-state index in [4.69, 9.17) is 5.73 Å². The van der Waals surface area contributed by atoms with Gasteiger partial charge in [0, 0.05) is 12.0 Å². The van der Waals surface area contributed by atoms with Gasteiger partial charge in [-0.2, -0.15) is 0 Å². The molecule has 29 heavy (non-hydrogen) atoms. The predicted octanol–water partition coefficient (Wildman–Crippen LogP) is 3.84. The molecule has 2 unspecified atom stereocenters. The molecule has 0 spiro atoms. The second-order valence-corrected chi connectivity index (χ2v) is 8.18. The molecule has 1 aliphatic heterocycles. The fraction of sp³-hybridized carbons (Fsp3) is 0.409. The van der Waals surface area contributed by atoms with E-state index < -0.39 is 23.6 Å². The molecule has 4 rings (SSSR count). The fourth-order valence-corrected chi connectivity index (χ4v) is 4.61. The molecule has 2 aliphatic rings. The molecule has 1 amide bonds. The number of primary amides is 1. The lowest BCUT2D eigenvalue weighted by molar-refractivity contribution is -0.119. The van der Waals surface area contributed by atoms with Crippen LogP contribution in [0.25, 0.3) is 0 Å². The summed E-state index contributed by atoms with van der Waals surface area (Å²) >= 11 is 0. The highest BCUT2D eigenvalue weighted by Gasteiger charge is 2.45. The number of carbonyl (C=O) groups excluding carboxylic acids is 1. The highest BCUT2D eigenvalue weighted by atomic mass is 19.1. The normalized spacial score (nSPS) is 26.3. The number of nitrogens with two attached hydrogens (primary N) is 1. The molecule has 7 heteroatoms. The van der Waals surface area contributed by atoms with Gasteiger partial charge in [0.15, 0.2) is 0 Å². The van der Waals surface area contributed by atoms with Gasteiger partial charge in [0.1, 0.15) is 17.5 Å². The standard InChI is InChI=1S/C22H24F3N3O/c1-11(22(26)29)27-10-12-6-14(7-12)19-17-8-16(24)9-18(25)21(17)28-20(19)13-2-4-15(23)5-3-13/h2-5,8-9,11-12,14,19-20,27-28H,6-7,10H2,1H3,(H2,26,29)/t11-,12?,14?,19?,20?/m0/s1. The lowest BCUT2D eigenvalue weighted by Gasteiger charge is -2.42. The zero-order valence-electron chi connectivity index (χ0n) is 16.1. The molecule has 1 saturated carbocycles. The highest BCUT2D eigenvalue weighted by molar-refractivity contribution is 5.79. The minimum Gasteiger partial charge on any atom is -0.375 e. The molecule has 1 aliphatic carbocycles. The largest absolute Gasteiger partial charge is 0.375 e. The van der Waals surface area contributed by atoms with Crippen molar-refractivity contribution in [2.24, 2.45) is 17.6 Å². The van der Waals surface area contributed by atoms with Crippen LogP contribution in [0.2, 0.25) is 0 Å². The molecule has 154 valence electrons. The maximum atomic E-state index is 14.4. The van der Waals surface area contributed by atoms with Crippen LogP contribution in [-0.2, 0) is 4.79 Å². The van der Waals surface area contributed by atoms with E-state index in [2.05, 4.69) is 10.6 Å². The average molecular weight is 403 g/mol. The molecule has 4 nitrogen and oxygen atoms in total. The number of rotatable bonds is 6. The molecule has 2 aromatic rings. The molecule has 1 fully saturated rings. The molecule has 2 aromatic carbocycles. The third kappa shape index (κ3) is 3.83. The minimum atomic E-state index is -0.609. The van der Waals surface area contributed by atoms with Gasteiger partial charge >= 0.3 is 0 Å². The molecular weight excluding hydrogens is 379 g/mol. The quantitative estimate of drug-likeness (QED) is 0.687. The predicted molar refractivity (Wildman–Crippen MR) is 105 cm³/mol. The molecule has 1 heterocycles. The van der Waals surface area contributed by atoms with Crippen molar-refractivity contribution in [2.75, 3.05) is 11.9 Å². The second-order valence-electron chi connectivity index (χ2n) is 8.18. The van der Waals surface area contributed by atoms with Crippen LogP contribution >= 0.6 is 0 Å². The molecular formula is C22H24F3N3O. The van der Waals surface area contributed by atoms with Gasteiger partial charge < -0.3 is 16.4 Å². The Hall–Kier alpha value is -2.54. The summed E-state index contributed by atoms with van der Waals surface area (Å²) in [6, 6.07) is 7.79. The Morgan fingerprint density at radius 1 is 1.17 bits per heavy atom. The van der Waals surface area contributed by atoms with Crippen LogP contribution in [0.3, 0.4) is 0 Å². The summed E-state index contributed by atoms with van der Waals surface area (Å²) in [7, 11) is 0. The lowest BCUT2D eigenvalue weighted by Crippen LogP contribution is -2.44. The van der Waals surface area contributed by atoms with Crippen molar-refractivity contribution in [3.63, 3.8) is 0 Å². The Morgan fingerprint density at radius 2 is 1.86 bits per heavy atom. The molecule has 3 atom stereocenters. The summed E-state index contributed by atoms with van der Waals surface area (Å²) in [4.78, 5) is 11.2. The number of nitrogens with one attached hydrogen (secondary N) is 2. The number of amides is 1. The number of hydrogen-bond acceptors (Lipinski definition) is 3. The van der Waals surface area contributed by atoms with Crippen LogP contribution in [0.15, 0.2) is 36.4 Å². The lowest BCUT2D eigenvalue weighted by atomic mass is 9.64. The first-order valence-electron chi connectivity index (χ1n) is 9.87. The summed E-state index contributed by atoms with van der Waals surface area (Å²) in [5, 5.41) is 6.33. The first-order chi connectivity index (χ1) is 13.8. The van der Waals surface area contributed by atoms with Crippen molar-refractivity contribution < 1.29 is 18.0 Å². The molecule has 0 bridgehead atoms. The Labute approximate surface area is 167 Å². The third-order valence-corrected chi connectivity index (χ3v) is 6.25. The van der Waals surface area contributed by atoms with Gasteiger partial charge in [0.05, 0.1) is 17.8 Å². The van der Waals surface area contributed by atoms with Crippen LogP contribution in [0, 0.1) is 29.3 Å². The fourth-order valence-electron chi connectivity index (χ4n) is 4.61. The van der Waals surface area contributed by atoms with Gasteiger partial charge in [-0.15, -0.1) is 0 Å². The first-order valence-corrected chi connectivity index (χ1v) is 9.87. The van der Waals surface area contributed by atoms with E-state index in [1.54, 1.807) is 19.1 Å². The van der Waals surface area contributed by atoms with Gasteiger partial charge in [0.25, 0.3) is 0 Å². The number of carbonyl (C=O) groups is 1. The van der Waals surface area contributed by atoms with Crippen molar-refractivity contribution in [2.45, 2.75) is 37.8 Å². The van der Waals surface area contributed by atoms with Crippen molar-refractivity contribution in [1.29, 1.82) is 0 Å². The summed E-state index contributed by atoms with van der Waals surface area (Å²) in [5.74, 6) is -1.43. The van der Waals surface area contributed by atoms with Crippen molar-refractivity contribution in [1.82, 2.24) is 5.32 Å². The molecule has 0 radical (unpaired) electrons. The average Bonchev–Trinajstić information content (AvgIpc) is 3.00. The zero-order valence-corrected chi connectivity index (χ0v) is 16.1. The molecule has 0 saturated heterocycles. The third-order valence-electron chi connectivity index (χ3n) is 6.25. The van der Waals surface area contributed by atoms with E-state index in [0.717, 1.165) is 24.5 Å². The second kappa shape index (κ2) is 7.71. The smallest absolute Gasteiger partial charge is 0.234 e. The maximum Gasteiger partial charge on any atom is 0.234 e. The van der Waals surface area contributed by atoms with Crippen molar-refractivity contribution in [3.8, 4) is 0 Å². The van der Waals surface area contributed by atoms with Gasteiger partial charge in [0.2, 0.25) is 5.91 Å². The molecule has 4 N–H and O–H groups in total. The van der Waals surface area contributed by atoms with Gasteiger partial charge in [-0.3, -0.25) is 4.79 Å². The van der Waals surface area contributed by atoms with E-state index >= 15 is 0 Å². The summed E-state index contributed by atoms with van der Waals surface area (Å²) in [6.07, 6.45) is 1.75. The van der Waals surface area contributed by atoms with E-state index in [1.807, 2.05) is 0 Å². The van der Waals surface area contributed by atoms with Crippen LogP contribution in [-0.4, -0.2) is 18.5 Å². The van der Waals surface area contributed by atoms with Crippen LogP contribution in [0.4, 0.5) is 18.9 Å². The number of hydrogen-bond donors (Lipinski definition) is 3. The first kappa shape index (κ1) is 19.8. The topological polar surface area (TPSA) is 67.2 Å². The number of halogens is 3. The van der Waals surface area contributed by atoms with Crippen LogP contribution in [0.5, 0.6) is 0 Å². The van der Waals surface area contributed by atoms with Crippen LogP contribution in [0.1, 0.15) is 42.9 Å². The van der Waals surface area contributed by atoms with E-state index in [9.17, 15) is 18.0 Å². The van der Waals surface area contributed by atoms with Crippen molar-refractivity contribution in [3.05, 3.63) is 65.0 Å². The maximum absolute atomic E-state index is 14.4. The van der Waals surface area contributed by atoms with Crippen LogP contribution < -0.4 is 16.4 Å². The monoisotopic (exact) mass is 403 g/mol. The Morgan fingerprint density at radius 3 is 2.52 bits per heavy atom. The SMILES string of the molecule is C[C@H](NCC1CC(C2c3cc(F)cc(F)c3NC2c2ccc(F)cc2)C1)C(N)=O. The molecule has 0 aromatic heterocycles. The summed E-state index contributed by atoms with van der Waals surface area (Å²) in [6.45, 7) is 2.40. The summed E-state index contributed by atoms with van der Waals surface area (Å²) in [5.41, 5.74) is 7.09. The Bertz CT molecular complexity index is 912. The van der Waals surface area contributed by atoms with Crippen molar-refractivity contribution >= 4 is 11.6 Å². The highest BCUT2D eigenvalue weighted by Crippen LogP contribution is 2.55. The van der Waals surface area contributed by atoms with Gasteiger partial charge in [-0.1, -0.05) is 12.1 Å². The van der Waals surface area contributed by atoms with E-state index in [1.165, 1.54) is 18.2 Å². The van der Waals surface area contributed by atoms with Gasteiger partial charge in [-0.05, 0) is 67.5 Å². The number of benzene rings is 2. The Kier molecular flexibility index (Phi) is 5.25. The number of fused-ring (bicyclic) bond motifs is 1. The summed E-state index contributed by atoms with van der Waals surface area (Å²) < 4.78 is 41.7. The van der Waals surface area contributed by atoms with E-state index in [0.29, 0.717) is 23.7 Å². The minimum absolute atomic E-state index is 0.106. The van der Waals surface area contributed by atoms with E-state index in [-0.39, 0.29) is 23.7 Å². The Balaban J connectivity index is 1.54.